The summed E-state index contributed by atoms with van der Waals surface area (Å²) in [7, 11) is -1.67. The van der Waals surface area contributed by atoms with E-state index in [1.54, 1.807) is 6.92 Å². The van der Waals surface area contributed by atoms with Crippen molar-refractivity contribution in [3.63, 3.8) is 0 Å². The Hall–Kier alpha value is -2.54. The van der Waals surface area contributed by atoms with E-state index in [-0.39, 0.29) is 43.6 Å². The number of benzene rings is 1. The van der Waals surface area contributed by atoms with Gasteiger partial charge in [-0.2, -0.15) is 4.31 Å². The van der Waals surface area contributed by atoms with Crippen molar-refractivity contribution in [1.82, 2.24) is 19.1 Å². The molecule has 3 heterocycles. The van der Waals surface area contributed by atoms with Crippen molar-refractivity contribution in [2.75, 3.05) is 51.7 Å². The first kappa shape index (κ1) is 23.6. The summed E-state index contributed by atoms with van der Waals surface area (Å²) in [6.45, 7) is 4.69. The van der Waals surface area contributed by atoms with Crippen LogP contribution in [0.3, 0.4) is 0 Å². The number of fused-ring (bicyclic) bond motifs is 1. The number of ether oxygens (including phenoxy) is 1. The van der Waals surface area contributed by atoms with Gasteiger partial charge in [-0.3, -0.25) is 10.1 Å². The summed E-state index contributed by atoms with van der Waals surface area (Å²) in [6, 6.07) is 5.87. The molecule has 2 amide bonds. The highest BCUT2D eigenvalue weighted by atomic mass is 32.2. The molecule has 2 aliphatic heterocycles. The summed E-state index contributed by atoms with van der Waals surface area (Å²) in [4.78, 5) is 34.0. The van der Waals surface area contributed by atoms with Gasteiger partial charge in [-0.1, -0.05) is 0 Å². The minimum atomic E-state index is -3.72. The third-order valence-corrected chi connectivity index (χ3v) is 8.57. The lowest BCUT2D eigenvalue weighted by molar-refractivity contribution is 0.0933. The molecule has 12 heteroatoms. The number of carbonyl (C=O) groups excluding carboxylic acids is 2. The fourth-order valence-electron chi connectivity index (χ4n) is 3.80. The Balaban J connectivity index is 1.38. The van der Waals surface area contributed by atoms with E-state index in [0.717, 1.165) is 30.1 Å². The Kier molecular flexibility index (Phi) is 6.98. The van der Waals surface area contributed by atoms with E-state index >= 15 is 0 Å². The van der Waals surface area contributed by atoms with Crippen LogP contribution in [0, 0.1) is 0 Å². The van der Waals surface area contributed by atoms with E-state index in [2.05, 4.69) is 22.2 Å². The summed E-state index contributed by atoms with van der Waals surface area (Å²) in [5, 5.41) is 3.37. The van der Waals surface area contributed by atoms with Crippen LogP contribution >= 0.6 is 11.3 Å². The summed E-state index contributed by atoms with van der Waals surface area (Å²) in [6.07, 6.45) is 0.428. The standard InChI is InChI=1S/C21H27N5O5S2/c1-3-31-21(28)25-10-12-26(13-11-25)33(29,30)16-6-4-15(5-7-16)19(27)23-20-22-17-8-9-24(2)14-18(17)32-20/h4-7H,3,8-14H2,1-2H3,(H,22,23,27). The average molecular weight is 494 g/mol. The predicted octanol–water partition coefficient (Wildman–Crippen LogP) is 1.85. The molecule has 4 rings (SSSR count). The van der Waals surface area contributed by atoms with Gasteiger partial charge in [0, 0.05) is 56.1 Å². The van der Waals surface area contributed by atoms with E-state index in [1.165, 1.54) is 44.8 Å². The van der Waals surface area contributed by atoms with Crippen molar-refractivity contribution in [3.05, 3.63) is 40.4 Å². The zero-order valence-electron chi connectivity index (χ0n) is 18.6. The molecular weight excluding hydrogens is 466 g/mol. The number of nitrogens with zero attached hydrogens (tertiary/aromatic N) is 4. The highest BCUT2D eigenvalue weighted by Crippen LogP contribution is 2.28. The van der Waals surface area contributed by atoms with Gasteiger partial charge < -0.3 is 14.5 Å². The number of sulfonamides is 1. The summed E-state index contributed by atoms with van der Waals surface area (Å²) in [5.41, 5.74) is 1.38. The van der Waals surface area contributed by atoms with Gasteiger partial charge in [-0.25, -0.2) is 18.2 Å². The monoisotopic (exact) mass is 493 g/mol. The Labute approximate surface area is 197 Å². The van der Waals surface area contributed by atoms with Gasteiger partial charge in [0.15, 0.2) is 5.13 Å². The molecule has 1 N–H and O–H groups in total. The lowest BCUT2D eigenvalue weighted by Gasteiger charge is -2.33. The normalized spacial score (nSPS) is 17.5. The molecule has 10 nitrogen and oxygen atoms in total. The predicted molar refractivity (Wildman–Crippen MR) is 124 cm³/mol. The number of hydrogen-bond acceptors (Lipinski definition) is 8. The van der Waals surface area contributed by atoms with Crippen molar-refractivity contribution < 1.29 is 22.7 Å². The Morgan fingerprint density at radius 1 is 1.12 bits per heavy atom. The second-order valence-corrected chi connectivity index (χ2v) is 11.0. The number of carbonyl (C=O) groups is 2. The van der Waals surface area contributed by atoms with Crippen LogP contribution in [0.2, 0.25) is 0 Å². The van der Waals surface area contributed by atoms with Gasteiger partial charge in [0.05, 0.1) is 17.2 Å². The molecule has 0 radical (unpaired) electrons. The number of nitrogens with one attached hydrogen (secondary N) is 1. The Morgan fingerprint density at radius 3 is 2.48 bits per heavy atom. The van der Waals surface area contributed by atoms with Crippen LogP contribution < -0.4 is 5.32 Å². The molecule has 178 valence electrons. The van der Waals surface area contributed by atoms with Crippen LogP contribution in [0.4, 0.5) is 9.93 Å². The number of aromatic nitrogens is 1. The molecule has 1 aromatic carbocycles. The van der Waals surface area contributed by atoms with E-state index in [1.807, 2.05) is 0 Å². The topological polar surface area (TPSA) is 112 Å². The third-order valence-electron chi connectivity index (χ3n) is 5.66. The minimum absolute atomic E-state index is 0.108. The molecule has 1 fully saturated rings. The fourth-order valence-corrected chi connectivity index (χ4v) is 6.30. The van der Waals surface area contributed by atoms with Crippen LogP contribution in [-0.2, 0) is 27.7 Å². The number of amides is 2. The molecule has 0 saturated carbocycles. The lowest BCUT2D eigenvalue weighted by atomic mass is 10.2. The van der Waals surface area contributed by atoms with Gasteiger partial charge in [-0.15, -0.1) is 11.3 Å². The largest absolute Gasteiger partial charge is 0.450 e. The average Bonchev–Trinajstić information content (AvgIpc) is 3.20. The fraction of sp³-hybridized carbons (Fsp3) is 0.476. The Morgan fingerprint density at radius 2 is 1.82 bits per heavy atom. The van der Waals surface area contributed by atoms with Crippen molar-refractivity contribution in [2.24, 2.45) is 0 Å². The molecule has 0 spiro atoms. The van der Waals surface area contributed by atoms with Crippen molar-refractivity contribution in [2.45, 2.75) is 24.8 Å². The second kappa shape index (κ2) is 9.75. The highest BCUT2D eigenvalue weighted by Gasteiger charge is 2.30. The van der Waals surface area contributed by atoms with Gasteiger partial charge in [-0.05, 0) is 38.2 Å². The van der Waals surface area contributed by atoms with Crippen LogP contribution in [0.15, 0.2) is 29.2 Å². The number of anilines is 1. The number of rotatable bonds is 5. The van der Waals surface area contributed by atoms with Gasteiger partial charge in [0.25, 0.3) is 5.91 Å². The van der Waals surface area contributed by atoms with Gasteiger partial charge >= 0.3 is 6.09 Å². The summed E-state index contributed by atoms with van der Waals surface area (Å²) >= 11 is 1.47. The lowest BCUT2D eigenvalue weighted by Crippen LogP contribution is -2.50. The molecule has 33 heavy (non-hydrogen) atoms. The summed E-state index contributed by atoms with van der Waals surface area (Å²) < 4.78 is 32.3. The zero-order chi connectivity index (χ0) is 23.6. The number of likely N-dealkylation sites (N-methyl/N-ethyl adjacent to an activating group) is 1. The second-order valence-electron chi connectivity index (χ2n) is 7.95. The number of piperazine rings is 1. The zero-order valence-corrected chi connectivity index (χ0v) is 20.2. The van der Waals surface area contributed by atoms with Gasteiger partial charge in [0.2, 0.25) is 10.0 Å². The third kappa shape index (κ3) is 5.18. The number of hydrogen-bond donors (Lipinski definition) is 1. The first-order valence-corrected chi connectivity index (χ1v) is 13.0. The van der Waals surface area contributed by atoms with Crippen LogP contribution in [-0.4, -0.2) is 85.9 Å². The molecule has 1 aromatic heterocycles. The SMILES string of the molecule is CCOC(=O)N1CCN(S(=O)(=O)c2ccc(C(=O)Nc3nc4c(s3)CN(C)CC4)cc2)CC1. The van der Waals surface area contributed by atoms with Crippen molar-refractivity contribution in [1.29, 1.82) is 0 Å². The molecule has 0 bridgehead atoms. The first-order valence-electron chi connectivity index (χ1n) is 10.8. The van der Waals surface area contributed by atoms with E-state index in [4.69, 9.17) is 4.74 Å². The van der Waals surface area contributed by atoms with Gasteiger partial charge in [0.1, 0.15) is 0 Å². The van der Waals surface area contributed by atoms with E-state index < -0.39 is 16.1 Å². The first-order chi connectivity index (χ1) is 15.8. The van der Waals surface area contributed by atoms with Crippen LogP contribution in [0.25, 0.3) is 0 Å². The van der Waals surface area contributed by atoms with E-state index in [0.29, 0.717) is 10.7 Å². The molecule has 1 saturated heterocycles. The van der Waals surface area contributed by atoms with Crippen molar-refractivity contribution >= 4 is 38.5 Å². The summed E-state index contributed by atoms with van der Waals surface area (Å²) in [5.74, 6) is -0.332. The van der Waals surface area contributed by atoms with Crippen LogP contribution in [0.1, 0.15) is 27.9 Å². The molecule has 0 atom stereocenters. The molecule has 0 unspecified atom stereocenters. The molecular formula is C21H27N5O5S2. The molecule has 2 aromatic rings. The molecule has 0 aliphatic carbocycles. The maximum Gasteiger partial charge on any atom is 0.409 e. The van der Waals surface area contributed by atoms with Crippen LogP contribution in [0.5, 0.6) is 0 Å². The van der Waals surface area contributed by atoms with Crippen molar-refractivity contribution in [3.8, 4) is 0 Å². The molecule has 2 aliphatic rings. The highest BCUT2D eigenvalue weighted by molar-refractivity contribution is 7.89. The maximum absolute atomic E-state index is 13.0. The quantitative estimate of drug-likeness (QED) is 0.676. The number of thiazole rings is 1. The Bertz CT molecular complexity index is 1120. The maximum atomic E-state index is 13.0. The minimum Gasteiger partial charge on any atom is -0.450 e. The smallest absolute Gasteiger partial charge is 0.409 e. The van der Waals surface area contributed by atoms with E-state index in [9.17, 15) is 18.0 Å².